The molecule has 2 heterocycles. The van der Waals surface area contributed by atoms with Crippen LogP contribution in [0.2, 0.25) is 0 Å². The minimum Gasteiger partial charge on any atom is -0.348 e. The van der Waals surface area contributed by atoms with Crippen molar-refractivity contribution in [2.24, 2.45) is 0 Å². The lowest BCUT2D eigenvalue weighted by Crippen LogP contribution is -2.51. The standard InChI is InChI=1S/C12H23N3O/c1-14(2)11(16)10-15-8-5-12(6-9-15)4-3-7-13-12/h13H,3-10H2,1-2H3. The first-order chi connectivity index (χ1) is 7.61. The Bertz CT molecular complexity index is 249. The van der Waals surface area contributed by atoms with Crippen molar-refractivity contribution in [3.8, 4) is 0 Å². The van der Waals surface area contributed by atoms with Crippen molar-refractivity contribution in [3.05, 3.63) is 0 Å². The predicted molar refractivity (Wildman–Crippen MR) is 64.3 cm³/mol. The highest BCUT2D eigenvalue weighted by atomic mass is 16.2. The van der Waals surface area contributed by atoms with Gasteiger partial charge in [0.25, 0.3) is 0 Å². The minimum atomic E-state index is 0.218. The molecule has 0 aliphatic carbocycles. The van der Waals surface area contributed by atoms with E-state index in [0.29, 0.717) is 12.1 Å². The summed E-state index contributed by atoms with van der Waals surface area (Å²) in [5.74, 6) is 0.218. The molecule has 0 saturated carbocycles. The normalized spacial score (nSPS) is 24.9. The Labute approximate surface area is 98.0 Å². The monoisotopic (exact) mass is 225 g/mol. The molecule has 0 atom stereocenters. The van der Waals surface area contributed by atoms with Crippen molar-refractivity contribution in [2.75, 3.05) is 40.3 Å². The summed E-state index contributed by atoms with van der Waals surface area (Å²) < 4.78 is 0. The number of nitrogens with one attached hydrogen (secondary N) is 1. The van der Waals surface area contributed by atoms with Gasteiger partial charge in [-0.1, -0.05) is 0 Å². The molecule has 0 aromatic heterocycles. The fourth-order valence-corrected chi connectivity index (χ4v) is 2.77. The van der Waals surface area contributed by atoms with E-state index in [1.807, 2.05) is 14.1 Å². The molecular formula is C12H23N3O. The largest absolute Gasteiger partial charge is 0.348 e. The summed E-state index contributed by atoms with van der Waals surface area (Å²) in [6.07, 6.45) is 5.04. The molecule has 2 aliphatic heterocycles. The van der Waals surface area contributed by atoms with Gasteiger partial charge in [-0.2, -0.15) is 0 Å². The van der Waals surface area contributed by atoms with Gasteiger partial charge in [0.15, 0.2) is 0 Å². The Balaban J connectivity index is 1.79. The molecular weight excluding hydrogens is 202 g/mol. The van der Waals surface area contributed by atoms with Gasteiger partial charge in [-0.3, -0.25) is 9.69 Å². The van der Waals surface area contributed by atoms with Gasteiger partial charge in [0, 0.05) is 32.7 Å². The summed E-state index contributed by atoms with van der Waals surface area (Å²) in [7, 11) is 3.65. The van der Waals surface area contributed by atoms with Gasteiger partial charge < -0.3 is 10.2 Å². The average molecular weight is 225 g/mol. The maximum absolute atomic E-state index is 11.6. The van der Waals surface area contributed by atoms with E-state index >= 15 is 0 Å². The Morgan fingerprint density at radius 2 is 2.00 bits per heavy atom. The third-order valence-electron chi connectivity index (χ3n) is 4.00. The van der Waals surface area contributed by atoms with E-state index in [1.54, 1.807) is 4.90 Å². The van der Waals surface area contributed by atoms with Crippen LogP contribution in [0.25, 0.3) is 0 Å². The van der Waals surface area contributed by atoms with Gasteiger partial charge in [0.05, 0.1) is 6.54 Å². The maximum atomic E-state index is 11.6. The van der Waals surface area contributed by atoms with Gasteiger partial charge in [-0.15, -0.1) is 0 Å². The molecule has 0 aromatic carbocycles. The summed E-state index contributed by atoms with van der Waals surface area (Å²) >= 11 is 0. The van der Waals surface area contributed by atoms with Gasteiger partial charge in [-0.25, -0.2) is 0 Å². The second kappa shape index (κ2) is 4.72. The molecule has 2 saturated heterocycles. The molecule has 0 bridgehead atoms. The van der Waals surface area contributed by atoms with Crippen LogP contribution in [0.15, 0.2) is 0 Å². The number of amides is 1. The first kappa shape index (κ1) is 11.9. The van der Waals surface area contributed by atoms with Crippen LogP contribution in [-0.2, 0) is 4.79 Å². The Morgan fingerprint density at radius 3 is 2.50 bits per heavy atom. The van der Waals surface area contributed by atoms with Crippen LogP contribution in [0, 0.1) is 0 Å². The molecule has 1 spiro atoms. The molecule has 0 aromatic rings. The van der Waals surface area contributed by atoms with Crippen LogP contribution in [0.3, 0.4) is 0 Å². The number of likely N-dealkylation sites (N-methyl/N-ethyl adjacent to an activating group) is 1. The van der Waals surface area contributed by atoms with Crippen molar-refractivity contribution in [3.63, 3.8) is 0 Å². The lowest BCUT2D eigenvalue weighted by molar-refractivity contribution is -0.130. The molecule has 0 unspecified atom stereocenters. The predicted octanol–water partition coefficient (Wildman–Crippen LogP) is 0.293. The molecule has 2 rings (SSSR count). The Morgan fingerprint density at radius 1 is 1.31 bits per heavy atom. The molecule has 1 N–H and O–H groups in total. The van der Waals surface area contributed by atoms with Crippen LogP contribution in [0.5, 0.6) is 0 Å². The average Bonchev–Trinajstić information content (AvgIpc) is 2.70. The summed E-state index contributed by atoms with van der Waals surface area (Å²) in [5.41, 5.74) is 0.414. The molecule has 16 heavy (non-hydrogen) atoms. The van der Waals surface area contributed by atoms with Gasteiger partial charge in [0.1, 0.15) is 0 Å². The van der Waals surface area contributed by atoms with E-state index < -0.39 is 0 Å². The van der Waals surface area contributed by atoms with E-state index in [9.17, 15) is 4.79 Å². The van der Waals surface area contributed by atoms with Crippen LogP contribution >= 0.6 is 0 Å². The topological polar surface area (TPSA) is 35.6 Å². The van der Waals surface area contributed by atoms with E-state index in [1.165, 1.54) is 32.2 Å². The molecule has 2 fully saturated rings. The molecule has 2 aliphatic rings. The summed E-state index contributed by atoms with van der Waals surface area (Å²) in [5, 5.41) is 3.65. The number of likely N-dealkylation sites (tertiary alicyclic amines) is 1. The zero-order chi connectivity index (χ0) is 11.6. The SMILES string of the molecule is CN(C)C(=O)CN1CCC2(CCCN2)CC1. The first-order valence-electron chi connectivity index (χ1n) is 6.29. The van der Waals surface area contributed by atoms with Gasteiger partial charge in [-0.05, 0) is 32.2 Å². The zero-order valence-corrected chi connectivity index (χ0v) is 10.5. The summed E-state index contributed by atoms with van der Waals surface area (Å²) in [6.45, 7) is 3.89. The van der Waals surface area contributed by atoms with Crippen LogP contribution < -0.4 is 5.32 Å². The molecule has 1 amide bonds. The fourth-order valence-electron chi connectivity index (χ4n) is 2.77. The van der Waals surface area contributed by atoms with Crippen molar-refractivity contribution in [1.29, 1.82) is 0 Å². The molecule has 0 radical (unpaired) electrons. The summed E-state index contributed by atoms with van der Waals surface area (Å²) in [6, 6.07) is 0. The molecule has 4 heteroatoms. The third kappa shape index (κ3) is 2.55. The number of rotatable bonds is 2. The van der Waals surface area contributed by atoms with Crippen molar-refractivity contribution >= 4 is 5.91 Å². The second-order valence-electron chi connectivity index (χ2n) is 5.37. The fraction of sp³-hybridized carbons (Fsp3) is 0.917. The van der Waals surface area contributed by atoms with Gasteiger partial charge in [0.2, 0.25) is 5.91 Å². The highest BCUT2D eigenvalue weighted by molar-refractivity contribution is 5.77. The zero-order valence-electron chi connectivity index (χ0n) is 10.5. The maximum Gasteiger partial charge on any atom is 0.236 e. The lowest BCUT2D eigenvalue weighted by Gasteiger charge is -2.39. The van der Waals surface area contributed by atoms with E-state index in [4.69, 9.17) is 0 Å². The smallest absolute Gasteiger partial charge is 0.236 e. The van der Waals surface area contributed by atoms with Crippen molar-refractivity contribution in [1.82, 2.24) is 15.1 Å². The number of carbonyl (C=O) groups is 1. The van der Waals surface area contributed by atoms with Crippen LogP contribution in [0.4, 0.5) is 0 Å². The van der Waals surface area contributed by atoms with E-state index in [0.717, 1.165) is 13.1 Å². The van der Waals surface area contributed by atoms with Crippen LogP contribution in [-0.4, -0.2) is 61.5 Å². The number of hydrogen-bond acceptors (Lipinski definition) is 3. The highest BCUT2D eigenvalue weighted by Crippen LogP contribution is 2.30. The minimum absolute atomic E-state index is 0.218. The molecule has 92 valence electrons. The lowest BCUT2D eigenvalue weighted by atomic mass is 9.86. The van der Waals surface area contributed by atoms with Gasteiger partial charge >= 0.3 is 0 Å². The van der Waals surface area contributed by atoms with E-state index in [-0.39, 0.29) is 5.91 Å². The Kier molecular flexibility index (Phi) is 3.50. The number of hydrogen-bond donors (Lipinski definition) is 1. The quantitative estimate of drug-likeness (QED) is 0.734. The van der Waals surface area contributed by atoms with Crippen molar-refractivity contribution < 1.29 is 4.79 Å². The Hall–Kier alpha value is -0.610. The number of carbonyl (C=O) groups excluding carboxylic acids is 1. The van der Waals surface area contributed by atoms with Crippen molar-refractivity contribution in [2.45, 2.75) is 31.2 Å². The number of nitrogens with zero attached hydrogens (tertiary/aromatic N) is 2. The molecule has 4 nitrogen and oxygen atoms in total. The van der Waals surface area contributed by atoms with Crippen LogP contribution in [0.1, 0.15) is 25.7 Å². The number of piperidine rings is 1. The van der Waals surface area contributed by atoms with E-state index in [2.05, 4.69) is 10.2 Å². The second-order valence-corrected chi connectivity index (χ2v) is 5.37. The highest BCUT2D eigenvalue weighted by Gasteiger charge is 2.36. The third-order valence-corrected chi connectivity index (χ3v) is 4.00. The first-order valence-corrected chi connectivity index (χ1v) is 6.29. The summed E-state index contributed by atoms with van der Waals surface area (Å²) in [4.78, 5) is 15.6.